The molecular weight excluding hydrogens is 216 g/mol. The fraction of sp³-hybridized carbons (Fsp3) is 0.923. The van der Waals surface area contributed by atoms with Crippen molar-refractivity contribution in [1.29, 1.82) is 0 Å². The third-order valence-corrected chi connectivity index (χ3v) is 3.97. The number of rotatable bonds is 4. The van der Waals surface area contributed by atoms with Crippen molar-refractivity contribution in [1.82, 2.24) is 4.90 Å². The number of amides is 1. The molecule has 1 aliphatic rings. The molecule has 0 aromatic rings. The lowest BCUT2D eigenvalue weighted by molar-refractivity contribution is -0.154. The molecule has 0 bridgehead atoms. The van der Waals surface area contributed by atoms with Crippen LogP contribution in [0.1, 0.15) is 34.1 Å². The molecule has 4 heteroatoms. The lowest BCUT2D eigenvalue weighted by Gasteiger charge is -2.42. The van der Waals surface area contributed by atoms with Gasteiger partial charge >= 0.3 is 0 Å². The molecule has 0 aromatic heterocycles. The Morgan fingerprint density at radius 3 is 2.59 bits per heavy atom. The van der Waals surface area contributed by atoms with Crippen LogP contribution in [-0.4, -0.2) is 42.6 Å². The summed E-state index contributed by atoms with van der Waals surface area (Å²) in [5.41, 5.74) is 5.46. The lowest BCUT2D eigenvalue weighted by atomic mass is 9.93. The standard InChI is InChI=1S/C13H26N2O2/c1-5-13(8-14)9-15(6-7-17-13)12(16)11(4)10(2)3/h10-11H,5-9,14H2,1-4H3. The molecule has 2 N–H and O–H groups in total. The van der Waals surface area contributed by atoms with Crippen LogP contribution in [0.3, 0.4) is 0 Å². The van der Waals surface area contributed by atoms with Crippen LogP contribution >= 0.6 is 0 Å². The van der Waals surface area contributed by atoms with Gasteiger partial charge in [-0.1, -0.05) is 27.7 Å². The molecule has 4 nitrogen and oxygen atoms in total. The molecule has 0 saturated carbocycles. The number of nitrogens with two attached hydrogens (primary N) is 1. The van der Waals surface area contributed by atoms with Crippen LogP contribution in [0.2, 0.25) is 0 Å². The van der Waals surface area contributed by atoms with Crippen molar-refractivity contribution in [2.45, 2.75) is 39.7 Å². The number of hydrogen-bond acceptors (Lipinski definition) is 3. The number of morpholine rings is 1. The van der Waals surface area contributed by atoms with Gasteiger partial charge in [-0.3, -0.25) is 4.79 Å². The maximum absolute atomic E-state index is 12.3. The molecule has 17 heavy (non-hydrogen) atoms. The molecule has 0 spiro atoms. The number of nitrogens with zero attached hydrogens (tertiary/aromatic N) is 1. The van der Waals surface area contributed by atoms with Gasteiger partial charge in [0.2, 0.25) is 5.91 Å². The van der Waals surface area contributed by atoms with E-state index in [0.29, 0.717) is 32.2 Å². The van der Waals surface area contributed by atoms with E-state index in [9.17, 15) is 4.79 Å². The van der Waals surface area contributed by atoms with E-state index < -0.39 is 0 Å². The van der Waals surface area contributed by atoms with E-state index in [4.69, 9.17) is 10.5 Å². The predicted octanol–water partition coefficient (Wildman–Crippen LogP) is 1.24. The Morgan fingerprint density at radius 1 is 1.47 bits per heavy atom. The van der Waals surface area contributed by atoms with E-state index in [2.05, 4.69) is 20.8 Å². The van der Waals surface area contributed by atoms with Crippen LogP contribution in [0.15, 0.2) is 0 Å². The molecular formula is C13H26N2O2. The highest BCUT2D eigenvalue weighted by molar-refractivity contribution is 5.78. The average Bonchev–Trinajstić information content (AvgIpc) is 2.36. The van der Waals surface area contributed by atoms with Gasteiger partial charge in [-0.05, 0) is 12.3 Å². The monoisotopic (exact) mass is 242 g/mol. The van der Waals surface area contributed by atoms with Crippen LogP contribution < -0.4 is 5.73 Å². The first kappa shape index (κ1) is 14.5. The predicted molar refractivity (Wildman–Crippen MR) is 68.6 cm³/mol. The first-order valence-corrected chi connectivity index (χ1v) is 6.58. The zero-order valence-electron chi connectivity index (χ0n) is 11.5. The average molecular weight is 242 g/mol. The van der Waals surface area contributed by atoms with Gasteiger partial charge in [-0.15, -0.1) is 0 Å². The minimum atomic E-state index is -0.329. The first-order chi connectivity index (χ1) is 7.95. The van der Waals surface area contributed by atoms with Gasteiger partial charge in [0.05, 0.1) is 18.8 Å². The quantitative estimate of drug-likeness (QED) is 0.807. The van der Waals surface area contributed by atoms with Crippen LogP contribution in [0.25, 0.3) is 0 Å². The summed E-state index contributed by atoms with van der Waals surface area (Å²) in [5.74, 6) is 0.675. The molecule has 1 fully saturated rings. The van der Waals surface area contributed by atoms with E-state index in [1.54, 1.807) is 0 Å². The third-order valence-electron chi connectivity index (χ3n) is 3.97. The van der Waals surface area contributed by atoms with Crippen LogP contribution in [0.5, 0.6) is 0 Å². The van der Waals surface area contributed by atoms with E-state index in [1.807, 2.05) is 11.8 Å². The van der Waals surface area contributed by atoms with Crippen molar-refractivity contribution in [2.75, 3.05) is 26.2 Å². The molecule has 2 atom stereocenters. The minimum absolute atomic E-state index is 0.0698. The molecule has 1 rings (SSSR count). The van der Waals surface area contributed by atoms with Gasteiger partial charge in [-0.25, -0.2) is 0 Å². The Morgan fingerprint density at radius 2 is 2.12 bits per heavy atom. The zero-order chi connectivity index (χ0) is 13.1. The molecule has 1 aliphatic heterocycles. The number of ether oxygens (including phenoxy) is 1. The fourth-order valence-electron chi connectivity index (χ4n) is 2.09. The third kappa shape index (κ3) is 3.19. The molecule has 0 radical (unpaired) electrons. The number of carbonyl (C=O) groups is 1. The summed E-state index contributed by atoms with van der Waals surface area (Å²) in [6, 6.07) is 0. The largest absolute Gasteiger partial charge is 0.370 e. The van der Waals surface area contributed by atoms with E-state index in [-0.39, 0.29) is 17.4 Å². The van der Waals surface area contributed by atoms with Crippen molar-refractivity contribution in [3.8, 4) is 0 Å². The minimum Gasteiger partial charge on any atom is -0.370 e. The summed E-state index contributed by atoms with van der Waals surface area (Å²) in [5, 5.41) is 0. The normalized spacial score (nSPS) is 27.3. The highest BCUT2D eigenvalue weighted by atomic mass is 16.5. The summed E-state index contributed by atoms with van der Waals surface area (Å²) in [6.07, 6.45) is 0.851. The highest BCUT2D eigenvalue weighted by Gasteiger charge is 2.37. The molecule has 100 valence electrons. The summed E-state index contributed by atoms with van der Waals surface area (Å²) in [6.45, 7) is 10.6. The maximum atomic E-state index is 12.3. The fourth-order valence-corrected chi connectivity index (χ4v) is 2.09. The van der Waals surface area contributed by atoms with Crippen molar-refractivity contribution in [3.05, 3.63) is 0 Å². The molecule has 1 amide bonds. The Bertz CT molecular complexity index is 262. The Labute approximate surface area is 104 Å². The molecule has 0 aromatic carbocycles. The van der Waals surface area contributed by atoms with Gasteiger partial charge in [0, 0.05) is 19.0 Å². The zero-order valence-corrected chi connectivity index (χ0v) is 11.5. The SMILES string of the molecule is CCC1(CN)CN(C(=O)C(C)C(C)C)CCO1. The van der Waals surface area contributed by atoms with Crippen LogP contribution in [0, 0.1) is 11.8 Å². The second kappa shape index (κ2) is 5.83. The van der Waals surface area contributed by atoms with Crippen molar-refractivity contribution in [2.24, 2.45) is 17.6 Å². The van der Waals surface area contributed by atoms with Gasteiger partial charge in [0.25, 0.3) is 0 Å². The van der Waals surface area contributed by atoms with Gasteiger partial charge in [0.15, 0.2) is 0 Å². The summed E-state index contributed by atoms with van der Waals surface area (Å²) >= 11 is 0. The van der Waals surface area contributed by atoms with Crippen molar-refractivity contribution in [3.63, 3.8) is 0 Å². The molecule has 1 heterocycles. The van der Waals surface area contributed by atoms with Gasteiger partial charge in [0.1, 0.15) is 0 Å². The summed E-state index contributed by atoms with van der Waals surface area (Å²) < 4.78 is 5.77. The Kier molecular flexibility index (Phi) is 4.95. The van der Waals surface area contributed by atoms with E-state index >= 15 is 0 Å². The smallest absolute Gasteiger partial charge is 0.225 e. The molecule has 2 unspecified atom stereocenters. The second-order valence-electron chi connectivity index (χ2n) is 5.38. The topological polar surface area (TPSA) is 55.6 Å². The number of carbonyl (C=O) groups excluding carboxylic acids is 1. The van der Waals surface area contributed by atoms with Gasteiger partial charge in [-0.2, -0.15) is 0 Å². The number of hydrogen-bond donors (Lipinski definition) is 1. The molecule has 1 saturated heterocycles. The molecule has 0 aliphatic carbocycles. The summed E-state index contributed by atoms with van der Waals surface area (Å²) in [4.78, 5) is 14.2. The van der Waals surface area contributed by atoms with Crippen LogP contribution in [0.4, 0.5) is 0 Å². The lowest BCUT2D eigenvalue weighted by Crippen LogP contribution is -2.57. The van der Waals surface area contributed by atoms with Crippen LogP contribution in [-0.2, 0) is 9.53 Å². The first-order valence-electron chi connectivity index (χ1n) is 6.58. The Hall–Kier alpha value is -0.610. The van der Waals surface area contributed by atoms with Gasteiger partial charge < -0.3 is 15.4 Å². The Balaban J connectivity index is 2.69. The maximum Gasteiger partial charge on any atom is 0.225 e. The van der Waals surface area contributed by atoms with Crippen molar-refractivity contribution >= 4 is 5.91 Å². The second-order valence-corrected chi connectivity index (χ2v) is 5.38. The summed E-state index contributed by atoms with van der Waals surface area (Å²) in [7, 11) is 0. The highest BCUT2D eigenvalue weighted by Crippen LogP contribution is 2.23. The van der Waals surface area contributed by atoms with E-state index in [1.165, 1.54) is 0 Å². The van der Waals surface area contributed by atoms with E-state index in [0.717, 1.165) is 6.42 Å². The van der Waals surface area contributed by atoms with Crippen molar-refractivity contribution < 1.29 is 9.53 Å².